The third-order valence-corrected chi connectivity index (χ3v) is 3.38. The van der Waals surface area contributed by atoms with Crippen LogP contribution in [0.4, 0.5) is 8.78 Å². The van der Waals surface area contributed by atoms with E-state index in [9.17, 15) is 8.78 Å². The summed E-state index contributed by atoms with van der Waals surface area (Å²) in [7, 11) is 0. The van der Waals surface area contributed by atoms with Crippen molar-refractivity contribution < 1.29 is 8.78 Å². The molecular formula is C13H21F2N3. The van der Waals surface area contributed by atoms with Gasteiger partial charge in [0, 0.05) is 32.1 Å². The van der Waals surface area contributed by atoms with Gasteiger partial charge in [-0.3, -0.25) is 4.68 Å². The Bertz CT molecular complexity index is 376. The molecule has 2 rings (SSSR count). The Morgan fingerprint density at radius 2 is 2.39 bits per heavy atom. The van der Waals surface area contributed by atoms with E-state index in [0.29, 0.717) is 13.0 Å². The first-order valence-electron chi connectivity index (χ1n) is 6.70. The van der Waals surface area contributed by atoms with Crippen molar-refractivity contribution in [2.24, 2.45) is 5.92 Å². The van der Waals surface area contributed by atoms with Crippen LogP contribution < -0.4 is 5.32 Å². The second-order valence-electron chi connectivity index (χ2n) is 5.17. The fraction of sp³-hybridized carbons (Fsp3) is 0.769. The maximum absolute atomic E-state index is 13.1. The molecule has 0 aromatic carbocycles. The Kier molecular flexibility index (Phi) is 4.32. The van der Waals surface area contributed by atoms with Gasteiger partial charge in [-0.2, -0.15) is 5.10 Å². The standard InChI is InChI=1S/C13H21F2N3/c1-2-6-16-9-12-4-7-18(17-12)10-11-3-5-13(14,15)8-11/h4,7,11,16H,2-3,5-6,8-10H2,1H3. The van der Waals surface area contributed by atoms with E-state index in [1.165, 1.54) is 0 Å². The van der Waals surface area contributed by atoms with Crippen LogP contribution in [0.15, 0.2) is 12.3 Å². The van der Waals surface area contributed by atoms with E-state index >= 15 is 0 Å². The Hall–Kier alpha value is -0.970. The first-order valence-corrected chi connectivity index (χ1v) is 6.70. The Morgan fingerprint density at radius 1 is 1.56 bits per heavy atom. The number of rotatable bonds is 6. The molecule has 18 heavy (non-hydrogen) atoms. The quantitative estimate of drug-likeness (QED) is 0.794. The summed E-state index contributed by atoms with van der Waals surface area (Å²) in [6, 6.07) is 1.95. The molecule has 1 aromatic rings. The molecule has 0 aliphatic heterocycles. The van der Waals surface area contributed by atoms with Gasteiger partial charge in [0.15, 0.2) is 0 Å². The highest BCUT2D eigenvalue weighted by Crippen LogP contribution is 2.39. The fourth-order valence-corrected chi connectivity index (χ4v) is 2.46. The van der Waals surface area contributed by atoms with Gasteiger partial charge < -0.3 is 5.32 Å². The number of halogens is 2. The maximum Gasteiger partial charge on any atom is 0.248 e. The van der Waals surface area contributed by atoms with Crippen molar-refractivity contribution in [3.63, 3.8) is 0 Å². The lowest BCUT2D eigenvalue weighted by Crippen LogP contribution is -2.16. The van der Waals surface area contributed by atoms with Gasteiger partial charge in [-0.25, -0.2) is 8.78 Å². The number of hydrogen-bond acceptors (Lipinski definition) is 2. The van der Waals surface area contributed by atoms with Crippen LogP contribution in [0.2, 0.25) is 0 Å². The Labute approximate surface area is 107 Å². The van der Waals surface area contributed by atoms with Gasteiger partial charge in [-0.15, -0.1) is 0 Å². The number of hydrogen-bond donors (Lipinski definition) is 1. The summed E-state index contributed by atoms with van der Waals surface area (Å²) in [4.78, 5) is 0. The monoisotopic (exact) mass is 257 g/mol. The van der Waals surface area contributed by atoms with Crippen molar-refractivity contribution in [2.45, 2.75) is 51.6 Å². The molecule has 1 aromatic heterocycles. The molecule has 1 fully saturated rings. The molecule has 5 heteroatoms. The summed E-state index contributed by atoms with van der Waals surface area (Å²) in [5.74, 6) is -2.39. The van der Waals surface area contributed by atoms with E-state index < -0.39 is 5.92 Å². The van der Waals surface area contributed by atoms with Crippen molar-refractivity contribution in [1.82, 2.24) is 15.1 Å². The molecule has 0 saturated heterocycles. The highest BCUT2D eigenvalue weighted by Gasteiger charge is 2.39. The molecule has 1 aliphatic rings. The van der Waals surface area contributed by atoms with Crippen LogP contribution in [0.3, 0.4) is 0 Å². The van der Waals surface area contributed by atoms with Crippen molar-refractivity contribution in [3.05, 3.63) is 18.0 Å². The Morgan fingerprint density at radius 3 is 3.06 bits per heavy atom. The molecule has 0 amide bonds. The maximum atomic E-state index is 13.1. The van der Waals surface area contributed by atoms with Crippen LogP contribution in [0, 0.1) is 5.92 Å². The summed E-state index contributed by atoms with van der Waals surface area (Å²) >= 11 is 0. The van der Waals surface area contributed by atoms with Gasteiger partial charge in [0.25, 0.3) is 0 Å². The van der Waals surface area contributed by atoms with Gasteiger partial charge in [-0.1, -0.05) is 6.92 Å². The lowest BCUT2D eigenvalue weighted by molar-refractivity contribution is 0.00422. The third kappa shape index (κ3) is 3.77. The molecule has 1 aliphatic carbocycles. The van der Waals surface area contributed by atoms with E-state index in [-0.39, 0.29) is 18.8 Å². The minimum Gasteiger partial charge on any atom is -0.311 e. The van der Waals surface area contributed by atoms with E-state index in [4.69, 9.17) is 0 Å². The first kappa shape index (κ1) is 13.5. The van der Waals surface area contributed by atoms with Crippen LogP contribution in [-0.2, 0) is 13.1 Å². The van der Waals surface area contributed by atoms with Crippen LogP contribution in [0.5, 0.6) is 0 Å². The highest BCUT2D eigenvalue weighted by molar-refractivity contribution is 4.98. The minimum absolute atomic E-state index is 0.0102. The largest absolute Gasteiger partial charge is 0.311 e. The van der Waals surface area contributed by atoms with Gasteiger partial charge in [0.2, 0.25) is 5.92 Å². The molecule has 3 nitrogen and oxygen atoms in total. The number of aromatic nitrogens is 2. The molecule has 1 saturated carbocycles. The molecule has 1 unspecified atom stereocenters. The van der Waals surface area contributed by atoms with E-state index in [0.717, 1.165) is 25.2 Å². The zero-order valence-corrected chi connectivity index (χ0v) is 10.8. The van der Waals surface area contributed by atoms with E-state index in [1.54, 1.807) is 4.68 Å². The second-order valence-corrected chi connectivity index (χ2v) is 5.17. The zero-order valence-electron chi connectivity index (χ0n) is 10.8. The fourth-order valence-electron chi connectivity index (χ4n) is 2.46. The Balaban J connectivity index is 1.80. The molecule has 1 heterocycles. The van der Waals surface area contributed by atoms with Crippen LogP contribution in [0.1, 0.15) is 38.3 Å². The number of alkyl halides is 2. The van der Waals surface area contributed by atoms with Crippen LogP contribution in [-0.4, -0.2) is 22.2 Å². The number of nitrogens with one attached hydrogen (secondary N) is 1. The molecule has 0 bridgehead atoms. The summed E-state index contributed by atoms with van der Waals surface area (Å²) in [6.07, 6.45) is 3.63. The molecule has 102 valence electrons. The van der Waals surface area contributed by atoms with Crippen molar-refractivity contribution in [1.29, 1.82) is 0 Å². The van der Waals surface area contributed by atoms with Crippen molar-refractivity contribution in [2.75, 3.05) is 6.54 Å². The molecule has 0 spiro atoms. The topological polar surface area (TPSA) is 29.9 Å². The summed E-state index contributed by atoms with van der Waals surface area (Å²) in [5.41, 5.74) is 0.980. The number of nitrogens with zero attached hydrogens (tertiary/aromatic N) is 2. The zero-order chi connectivity index (χ0) is 13.0. The van der Waals surface area contributed by atoms with Gasteiger partial charge >= 0.3 is 0 Å². The van der Waals surface area contributed by atoms with E-state index in [2.05, 4.69) is 17.3 Å². The van der Waals surface area contributed by atoms with Crippen molar-refractivity contribution >= 4 is 0 Å². The second kappa shape index (κ2) is 5.78. The van der Waals surface area contributed by atoms with Crippen LogP contribution >= 0.6 is 0 Å². The molecule has 0 radical (unpaired) electrons. The summed E-state index contributed by atoms with van der Waals surface area (Å²) in [6.45, 7) is 4.46. The highest BCUT2D eigenvalue weighted by atomic mass is 19.3. The van der Waals surface area contributed by atoms with Gasteiger partial charge in [0.05, 0.1) is 5.69 Å². The predicted octanol–water partition coefficient (Wildman–Crippen LogP) is 2.82. The molecular weight excluding hydrogens is 236 g/mol. The van der Waals surface area contributed by atoms with Crippen LogP contribution in [0.25, 0.3) is 0 Å². The normalized spacial score (nSPS) is 22.5. The SMILES string of the molecule is CCCNCc1ccn(CC2CCC(F)(F)C2)n1. The van der Waals surface area contributed by atoms with Crippen molar-refractivity contribution in [3.8, 4) is 0 Å². The van der Waals surface area contributed by atoms with Gasteiger partial charge in [-0.05, 0) is 31.4 Å². The average molecular weight is 257 g/mol. The predicted molar refractivity (Wildman–Crippen MR) is 66.5 cm³/mol. The minimum atomic E-state index is -2.46. The lowest BCUT2D eigenvalue weighted by Gasteiger charge is -2.10. The first-order chi connectivity index (χ1) is 8.59. The average Bonchev–Trinajstić information content (AvgIpc) is 2.87. The smallest absolute Gasteiger partial charge is 0.248 e. The summed E-state index contributed by atoms with van der Waals surface area (Å²) < 4.78 is 27.9. The molecule has 1 atom stereocenters. The molecule has 1 N–H and O–H groups in total. The van der Waals surface area contributed by atoms with E-state index in [1.807, 2.05) is 12.3 Å². The van der Waals surface area contributed by atoms with Gasteiger partial charge in [0.1, 0.15) is 0 Å². The lowest BCUT2D eigenvalue weighted by atomic mass is 10.1. The summed E-state index contributed by atoms with van der Waals surface area (Å²) in [5, 5.41) is 7.68. The third-order valence-electron chi connectivity index (χ3n) is 3.38.